The van der Waals surface area contributed by atoms with Gasteiger partial charge in [0.25, 0.3) is 0 Å². The van der Waals surface area contributed by atoms with Crippen molar-refractivity contribution in [3.8, 4) is 23.6 Å². The average molecular weight is 318 g/mol. The van der Waals surface area contributed by atoms with E-state index in [1.54, 1.807) is 12.1 Å². The van der Waals surface area contributed by atoms with Gasteiger partial charge >= 0.3 is 6.18 Å². The van der Waals surface area contributed by atoms with Gasteiger partial charge < -0.3 is 10.2 Å². The zero-order valence-electron chi connectivity index (χ0n) is 11.5. The molecule has 2 rings (SSSR count). The predicted molar refractivity (Wildman–Crippen MR) is 73.5 cm³/mol. The fraction of sp³-hybridized carbons (Fsp3) is 0.125. The lowest BCUT2D eigenvalue weighted by molar-refractivity contribution is -0.137. The van der Waals surface area contributed by atoms with Gasteiger partial charge in [-0.2, -0.15) is 23.7 Å². The van der Waals surface area contributed by atoms with Gasteiger partial charge in [0.15, 0.2) is 11.5 Å². The van der Waals surface area contributed by atoms with Crippen LogP contribution in [0.3, 0.4) is 0 Å². The summed E-state index contributed by atoms with van der Waals surface area (Å²) >= 11 is 0. The van der Waals surface area contributed by atoms with Crippen molar-refractivity contribution >= 4 is 0 Å². The molecule has 0 atom stereocenters. The molecule has 23 heavy (non-hydrogen) atoms. The van der Waals surface area contributed by atoms with Crippen LogP contribution in [0.1, 0.15) is 27.8 Å². The highest BCUT2D eigenvalue weighted by atomic mass is 19.4. The SMILES string of the molecule is N#Cc1cc(O)c(O)c(C#N)c1Cc1ccc(C(F)(F)F)cc1. The molecule has 0 amide bonds. The molecule has 2 aromatic carbocycles. The quantitative estimate of drug-likeness (QED) is 0.830. The summed E-state index contributed by atoms with van der Waals surface area (Å²) in [6.45, 7) is 0. The van der Waals surface area contributed by atoms with E-state index in [9.17, 15) is 23.4 Å². The fourth-order valence-electron chi connectivity index (χ4n) is 2.12. The first-order valence-electron chi connectivity index (χ1n) is 6.32. The molecule has 0 aliphatic heterocycles. The van der Waals surface area contributed by atoms with E-state index in [4.69, 9.17) is 10.5 Å². The van der Waals surface area contributed by atoms with Crippen LogP contribution < -0.4 is 0 Å². The zero-order chi connectivity index (χ0) is 17.2. The topological polar surface area (TPSA) is 88.0 Å². The van der Waals surface area contributed by atoms with Crippen molar-refractivity contribution in [2.24, 2.45) is 0 Å². The molecule has 0 aliphatic rings. The molecule has 2 N–H and O–H groups in total. The molecule has 0 spiro atoms. The Bertz CT molecular complexity index is 829. The molecule has 0 aromatic heterocycles. The minimum Gasteiger partial charge on any atom is -0.504 e. The molecule has 0 radical (unpaired) electrons. The van der Waals surface area contributed by atoms with Crippen LogP contribution in [0.25, 0.3) is 0 Å². The molecular formula is C16H9F3N2O2. The molecule has 2 aromatic rings. The first-order chi connectivity index (χ1) is 10.8. The van der Waals surface area contributed by atoms with Crippen LogP contribution in [-0.2, 0) is 12.6 Å². The number of nitriles is 2. The van der Waals surface area contributed by atoms with Crippen molar-refractivity contribution in [1.82, 2.24) is 0 Å². The number of rotatable bonds is 2. The first-order valence-corrected chi connectivity index (χ1v) is 6.32. The van der Waals surface area contributed by atoms with Crippen LogP contribution in [0.5, 0.6) is 11.5 Å². The van der Waals surface area contributed by atoms with E-state index in [0.29, 0.717) is 5.56 Å². The number of hydrogen-bond acceptors (Lipinski definition) is 4. The lowest BCUT2D eigenvalue weighted by Crippen LogP contribution is -2.05. The number of nitrogens with zero attached hydrogens (tertiary/aromatic N) is 2. The van der Waals surface area contributed by atoms with E-state index in [0.717, 1.165) is 18.2 Å². The van der Waals surface area contributed by atoms with Gasteiger partial charge in [0.05, 0.1) is 17.2 Å². The van der Waals surface area contributed by atoms with Crippen molar-refractivity contribution in [2.45, 2.75) is 12.6 Å². The maximum Gasteiger partial charge on any atom is 0.416 e. The molecule has 116 valence electrons. The minimum atomic E-state index is -4.45. The maximum atomic E-state index is 12.5. The van der Waals surface area contributed by atoms with Gasteiger partial charge in [-0.1, -0.05) is 12.1 Å². The fourth-order valence-corrected chi connectivity index (χ4v) is 2.12. The van der Waals surface area contributed by atoms with Crippen LogP contribution in [-0.4, -0.2) is 10.2 Å². The molecule has 0 unspecified atom stereocenters. The van der Waals surface area contributed by atoms with E-state index < -0.39 is 23.2 Å². The molecule has 0 saturated carbocycles. The molecule has 0 saturated heterocycles. The Labute approximate surface area is 129 Å². The third-order valence-corrected chi connectivity index (χ3v) is 3.28. The van der Waals surface area contributed by atoms with Crippen molar-refractivity contribution in [3.63, 3.8) is 0 Å². The Kier molecular flexibility index (Phi) is 4.15. The van der Waals surface area contributed by atoms with Crippen LogP contribution in [0.15, 0.2) is 30.3 Å². The van der Waals surface area contributed by atoms with Gasteiger partial charge in [-0.3, -0.25) is 0 Å². The summed E-state index contributed by atoms with van der Waals surface area (Å²) in [4.78, 5) is 0. The highest BCUT2D eigenvalue weighted by Gasteiger charge is 2.30. The number of hydrogen-bond donors (Lipinski definition) is 2. The Balaban J connectivity index is 2.47. The molecule has 0 bridgehead atoms. The van der Waals surface area contributed by atoms with Crippen LogP contribution in [0.4, 0.5) is 13.2 Å². The summed E-state index contributed by atoms with van der Waals surface area (Å²) in [6, 6.07) is 8.75. The summed E-state index contributed by atoms with van der Waals surface area (Å²) in [5, 5.41) is 37.4. The predicted octanol–water partition coefficient (Wildman–Crippen LogP) is 3.45. The van der Waals surface area contributed by atoms with Crippen LogP contribution in [0, 0.1) is 22.7 Å². The van der Waals surface area contributed by atoms with E-state index >= 15 is 0 Å². The second kappa shape index (κ2) is 5.90. The Morgan fingerprint density at radius 3 is 2.09 bits per heavy atom. The number of phenolic OH excluding ortho intramolecular Hbond substituents is 2. The van der Waals surface area contributed by atoms with Crippen molar-refractivity contribution in [1.29, 1.82) is 10.5 Å². The average Bonchev–Trinajstić information content (AvgIpc) is 2.50. The summed E-state index contributed by atoms with van der Waals surface area (Å²) in [6.07, 6.45) is -4.48. The molecule has 7 heteroatoms. The smallest absolute Gasteiger partial charge is 0.416 e. The molecule has 0 fully saturated rings. The Morgan fingerprint density at radius 2 is 1.61 bits per heavy atom. The largest absolute Gasteiger partial charge is 0.504 e. The highest BCUT2D eigenvalue weighted by molar-refractivity contribution is 5.62. The minimum absolute atomic E-state index is 0.0300. The van der Waals surface area contributed by atoms with Gasteiger partial charge in [0.2, 0.25) is 0 Å². The molecule has 0 aliphatic carbocycles. The van der Waals surface area contributed by atoms with Gasteiger partial charge in [0.1, 0.15) is 11.6 Å². The van der Waals surface area contributed by atoms with E-state index in [2.05, 4.69) is 0 Å². The number of benzene rings is 2. The van der Waals surface area contributed by atoms with E-state index in [-0.39, 0.29) is 23.1 Å². The van der Waals surface area contributed by atoms with Crippen molar-refractivity contribution < 1.29 is 23.4 Å². The Morgan fingerprint density at radius 1 is 1.00 bits per heavy atom. The van der Waals surface area contributed by atoms with Crippen LogP contribution >= 0.6 is 0 Å². The third-order valence-electron chi connectivity index (χ3n) is 3.28. The van der Waals surface area contributed by atoms with Gasteiger partial charge in [-0.25, -0.2) is 0 Å². The monoisotopic (exact) mass is 318 g/mol. The summed E-state index contributed by atoms with van der Waals surface area (Å²) in [5.41, 5.74) is -0.546. The lowest BCUT2D eigenvalue weighted by atomic mass is 9.94. The number of phenols is 2. The summed E-state index contributed by atoms with van der Waals surface area (Å²) < 4.78 is 37.6. The van der Waals surface area contributed by atoms with Gasteiger partial charge in [-0.15, -0.1) is 0 Å². The molecule has 4 nitrogen and oxygen atoms in total. The highest BCUT2D eigenvalue weighted by Crippen LogP contribution is 2.35. The molecule has 0 heterocycles. The van der Waals surface area contributed by atoms with Gasteiger partial charge in [0, 0.05) is 12.5 Å². The van der Waals surface area contributed by atoms with E-state index in [1.165, 1.54) is 12.1 Å². The first kappa shape index (κ1) is 16.2. The standard InChI is InChI=1S/C16H9F3N2O2/c17-16(18,19)11-3-1-9(2-4-11)5-12-10(7-20)6-14(22)15(23)13(12)8-21/h1-4,6,22-23H,5H2. The second-order valence-electron chi connectivity index (χ2n) is 4.74. The van der Waals surface area contributed by atoms with Crippen molar-refractivity contribution in [2.75, 3.05) is 0 Å². The summed E-state index contributed by atoms with van der Waals surface area (Å²) in [7, 11) is 0. The van der Waals surface area contributed by atoms with Gasteiger partial charge in [-0.05, 0) is 23.3 Å². The number of alkyl halides is 3. The number of aromatic hydroxyl groups is 2. The van der Waals surface area contributed by atoms with Crippen molar-refractivity contribution in [3.05, 3.63) is 58.1 Å². The second-order valence-corrected chi connectivity index (χ2v) is 4.74. The van der Waals surface area contributed by atoms with E-state index in [1.807, 2.05) is 0 Å². The Hall–Kier alpha value is -3.19. The third kappa shape index (κ3) is 3.19. The normalized spacial score (nSPS) is 10.8. The lowest BCUT2D eigenvalue weighted by Gasteiger charge is -2.11. The maximum absolute atomic E-state index is 12.5. The number of halogens is 3. The zero-order valence-corrected chi connectivity index (χ0v) is 11.5. The molecular weight excluding hydrogens is 309 g/mol. The summed E-state index contributed by atoms with van der Waals surface area (Å²) in [5.74, 6) is -1.26. The van der Waals surface area contributed by atoms with Crippen LogP contribution in [0.2, 0.25) is 0 Å².